The molecule has 0 aliphatic heterocycles. The van der Waals surface area contributed by atoms with Crippen LogP contribution in [0, 0.1) is 12.7 Å². The predicted molar refractivity (Wildman–Crippen MR) is 124 cm³/mol. The second-order valence-electron chi connectivity index (χ2n) is 8.17. The number of hydrogen-bond acceptors (Lipinski definition) is 4. The van der Waals surface area contributed by atoms with Gasteiger partial charge in [-0.15, -0.1) is 0 Å². The number of aryl methyl sites for hydroxylation is 1. The van der Waals surface area contributed by atoms with Crippen LogP contribution in [0.15, 0.2) is 55.2 Å². The van der Waals surface area contributed by atoms with E-state index in [2.05, 4.69) is 20.3 Å². The molecule has 0 spiro atoms. The predicted octanol–water partition coefficient (Wildman–Crippen LogP) is 5.29. The number of anilines is 1. The number of hydrogen-bond donors (Lipinski definition) is 1. The Morgan fingerprint density at radius 1 is 1.33 bits per heavy atom. The van der Waals surface area contributed by atoms with Crippen molar-refractivity contribution in [2.24, 2.45) is 0 Å². The highest BCUT2D eigenvalue weighted by atomic mass is 19.1. The summed E-state index contributed by atoms with van der Waals surface area (Å²) in [5.74, 6) is -0.623. The molecule has 4 aromatic rings. The smallest absolute Gasteiger partial charge is 0.259 e. The number of rotatable bonds is 6. The molecule has 1 atom stereocenters. The number of pyridine rings is 1. The largest absolute Gasteiger partial charge is 0.327 e. The van der Waals surface area contributed by atoms with E-state index in [0.717, 1.165) is 18.5 Å². The van der Waals surface area contributed by atoms with Crippen molar-refractivity contribution in [1.82, 2.24) is 24.1 Å². The van der Waals surface area contributed by atoms with E-state index in [0.29, 0.717) is 17.2 Å². The molecule has 1 aromatic carbocycles. The van der Waals surface area contributed by atoms with Crippen LogP contribution in [0.3, 0.4) is 0 Å². The Balaban J connectivity index is 1.43. The van der Waals surface area contributed by atoms with Crippen LogP contribution < -0.4 is 5.32 Å². The van der Waals surface area contributed by atoms with Crippen molar-refractivity contribution in [1.29, 1.82) is 0 Å². The Morgan fingerprint density at radius 3 is 2.97 bits per heavy atom. The molecule has 1 aliphatic carbocycles. The third-order valence-electron chi connectivity index (χ3n) is 5.63. The van der Waals surface area contributed by atoms with Crippen molar-refractivity contribution in [2.75, 3.05) is 5.32 Å². The van der Waals surface area contributed by atoms with Crippen molar-refractivity contribution in [3.8, 4) is 17.2 Å². The number of carbonyl (C=O) groups excluding carboxylic acids is 1. The van der Waals surface area contributed by atoms with E-state index in [4.69, 9.17) is 5.48 Å². The molecular formula is C25H25FN6O. The van der Waals surface area contributed by atoms with Crippen LogP contribution in [0.5, 0.6) is 0 Å². The van der Waals surface area contributed by atoms with Crippen LogP contribution in [-0.4, -0.2) is 30.0 Å². The van der Waals surface area contributed by atoms with Crippen LogP contribution >= 0.6 is 0 Å². The number of benzene rings is 1. The summed E-state index contributed by atoms with van der Waals surface area (Å²) in [4.78, 5) is 26.1. The summed E-state index contributed by atoms with van der Waals surface area (Å²) in [6.45, 7) is 0.412. The van der Waals surface area contributed by atoms with Gasteiger partial charge in [0.05, 0.1) is 24.6 Å². The van der Waals surface area contributed by atoms with Gasteiger partial charge in [-0.1, -0.05) is 6.07 Å². The van der Waals surface area contributed by atoms with E-state index in [-0.39, 0.29) is 22.9 Å². The minimum atomic E-state index is -2.62. The summed E-state index contributed by atoms with van der Waals surface area (Å²) in [5, 5.41) is 2.61. The first kappa shape index (κ1) is 16.8. The molecule has 1 amide bonds. The van der Waals surface area contributed by atoms with Crippen molar-refractivity contribution < 1.29 is 14.7 Å². The van der Waals surface area contributed by atoms with Gasteiger partial charge in [0.25, 0.3) is 5.91 Å². The van der Waals surface area contributed by atoms with Crippen LogP contribution in [-0.2, 0) is 0 Å². The number of nitrogens with zero attached hydrogens (tertiary/aromatic N) is 5. The van der Waals surface area contributed by atoms with Gasteiger partial charge in [0.2, 0.25) is 0 Å². The molecule has 7 nitrogen and oxygen atoms in total. The third-order valence-corrected chi connectivity index (χ3v) is 5.63. The van der Waals surface area contributed by atoms with E-state index in [1.165, 1.54) is 42.1 Å². The molecule has 8 heteroatoms. The molecule has 1 aliphatic rings. The normalized spacial score (nSPS) is 17.4. The molecule has 1 N–H and O–H groups in total. The second-order valence-corrected chi connectivity index (χ2v) is 8.17. The number of amides is 1. The SMILES string of the molecule is [2H]C([2H])([2H])C([2H])(C)n1ccnc1-c1cccc(NC(=O)c2cc(-n3cnc(C4CC4)c3)c(C)cc2F)n1. The second kappa shape index (κ2) is 8.27. The highest BCUT2D eigenvalue weighted by Gasteiger charge is 2.26. The molecule has 168 valence electrons. The molecule has 3 heterocycles. The lowest BCUT2D eigenvalue weighted by atomic mass is 10.1. The summed E-state index contributed by atoms with van der Waals surface area (Å²) in [7, 11) is 0. The lowest BCUT2D eigenvalue weighted by Crippen LogP contribution is -2.16. The first-order valence-electron chi connectivity index (χ1n) is 12.6. The van der Waals surface area contributed by atoms with Gasteiger partial charge in [-0.3, -0.25) is 4.79 Å². The van der Waals surface area contributed by atoms with Crippen LogP contribution in [0.25, 0.3) is 17.2 Å². The van der Waals surface area contributed by atoms with Crippen LogP contribution in [0.1, 0.15) is 65.7 Å². The molecular weight excluding hydrogens is 419 g/mol. The zero-order chi connectivity index (χ0) is 26.5. The lowest BCUT2D eigenvalue weighted by Gasteiger charge is -2.13. The molecule has 1 fully saturated rings. The van der Waals surface area contributed by atoms with Crippen LogP contribution in [0.2, 0.25) is 0 Å². The van der Waals surface area contributed by atoms with Gasteiger partial charge in [0.1, 0.15) is 17.3 Å². The summed E-state index contributed by atoms with van der Waals surface area (Å²) >= 11 is 0. The summed E-state index contributed by atoms with van der Waals surface area (Å²) in [6, 6.07) is 5.53. The molecule has 1 saturated carbocycles. The van der Waals surface area contributed by atoms with Crippen molar-refractivity contribution in [3.63, 3.8) is 0 Å². The maximum atomic E-state index is 14.8. The molecule has 0 radical (unpaired) electrons. The first-order chi connectivity index (χ1) is 17.5. The zero-order valence-electron chi connectivity index (χ0n) is 22.2. The van der Waals surface area contributed by atoms with Crippen LogP contribution in [0.4, 0.5) is 10.2 Å². The fraction of sp³-hybridized carbons (Fsp3) is 0.280. The van der Waals surface area contributed by atoms with E-state index in [1.807, 2.05) is 6.20 Å². The third kappa shape index (κ3) is 4.16. The Hall–Kier alpha value is -3.81. The van der Waals surface area contributed by atoms with Crippen molar-refractivity contribution in [2.45, 2.75) is 45.5 Å². The van der Waals surface area contributed by atoms with Gasteiger partial charge >= 0.3 is 0 Å². The molecule has 0 bridgehead atoms. The molecule has 3 aromatic heterocycles. The van der Waals surface area contributed by atoms with E-state index >= 15 is 0 Å². The highest BCUT2D eigenvalue weighted by Crippen LogP contribution is 2.39. The zero-order valence-corrected chi connectivity index (χ0v) is 18.2. The summed E-state index contributed by atoms with van der Waals surface area (Å²) in [6.07, 6.45) is 8.58. The molecule has 33 heavy (non-hydrogen) atoms. The van der Waals surface area contributed by atoms with Gasteiger partial charge in [0, 0.05) is 34.6 Å². The minimum Gasteiger partial charge on any atom is -0.327 e. The maximum Gasteiger partial charge on any atom is 0.259 e. The Labute approximate surface area is 197 Å². The van der Waals surface area contributed by atoms with Gasteiger partial charge in [-0.25, -0.2) is 19.3 Å². The van der Waals surface area contributed by atoms with Gasteiger partial charge < -0.3 is 14.5 Å². The van der Waals surface area contributed by atoms with Gasteiger partial charge in [-0.05, 0) is 63.4 Å². The monoisotopic (exact) mass is 448 g/mol. The quantitative estimate of drug-likeness (QED) is 0.435. The number of imidazole rings is 2. The average Bonchev–Trinajstić information content (AvgIpc) is 3.35. The van der Waals surface area contributed by atoms with E-state index < -0.39 is 24.6 Å². The number of nitrogens with one attached hydrogen (secondary N) is 1. The highest BCUT2D eigenvalue weighted by molar-refractivity contribution is 6.04. The Bertz CT molecular complexity index is 1490. The number of aromatic nitrogens is 5. The summed E-state index contributed by atoms with van der Waals surface area (Å²) < 4.78 is 49.4. The topological polar surface area (TPSA) is 77.6 Å². The minimum absolute atomic E-state index is 0.123. The molecule has 0 saturated heterocycles. The Morgan fingerprint density at radius 2 is 2.18 bits per heavy atom. The van der Waals surface area contributed by atoms with Gasteiger partial charge in [-0.2, -0.15) is 0 Å². The maximum absolute atomic E-state index is 14.8. The van der Waals surface area contributed by atoms with Gasteiger partial charge in [0.15, 0.2) is 5.82 Å². The average molecular weight is 449 g/mol. The summed E-state index contributed by atoms with van der Waals surface area (Å²) in [5.41, 5.74) is 2.39. The van der Waals surface area contributed by atoms with E-state index in [9.17, 15) is 9.18 Å². The van der Waals surface area contributed by atoms with E-state index in [1.54, 1.807) is 30.0 Å². The molecule has 1 unspecified atom stereocenters. The fourth-order valence-electron chi connectivity index (χ4n) is 3.75. The Kier molecular flexibility index (Phi) is 4.20. The van der Waals surface area contributed by atoms with Crippen molar-refractivity contribution in [3.05, 3.63) is 77.9 Å². The lowest BCUT2D eigenvalue weighted by molar-refractivity contribution is 0.102. The van der Waals surface area contributed by atoms with Crippen molar-refractivity contribution >= 4 is 11.7 Å². The standard InChI is InChI=1S/C25H25FN6O/c1-15(2)32-10-9-27-24(32)20-5-4-6-23(29-20)30-25(33)18-12-22(16(3)11-19(18)26)31-13-21(28-14-31)17-7-8-17/h4-6,9-15,17H,7-8H2,1-3H3,(H,29,30,33)/i1D3,15D. The first-order valence-corrected chi connectivity index (χ1v) is 10.6. The molecule has 5 rings (SSSR count). The fourth-order valence-corrected chi connectivity index (χ4v) is 3.75. The number of carbonyl (C=O) groups is 1. The number of halogens is 1.